The number of amides is 1. The fourth-order valence-electron chi connectivity index (χ4n) is 2.48. The van der Waals surface area contributed by atoms with Crippen molar-refractivity contribution in [2.45, 2.75) is 45.6 Å². The van der Waals surface area contributed by atoms with Gasteiger partial charge in [-0.25, -0.2) is 11.3 Å². The van der Waals surface area contributed by atoms with Gasteiger partial charge in [-0.3, -0.25) is 4.79 Å². The molecule has 128 valence electrons. The zero-order valence-corrected chi connectivity index (χ0v) is 16.8. The quantitative estimate of drug-likeness (QED) is 0.585. The standard InChI is InChI=1S/C21H26NO2.2Li/c1-5-16(17-11-7-6-8-12-17)15-18-13-9-10-14-19(18)22-20(23)24-21(2,3)4;;/h6-16H,5H2,1-4H3,(H,22,23);;/q-1;2*+1/p-1. The molecule has 0 spiro atoms. The molecular formula is C21H25Li2NO2. The van der Waals surface area contributed by atoms with Crippen molar-refractivity contribution in [2.75, 3.05) is 0 Å². The van der Waals surface area contributed by atoms with Crippen molar-refractivity contribution in [2.24, 2.45) is 0 Å². The summed E-state index contributed by atoms with van der Waals surface area (Å²) in [5, 5.41) is 4.13. The fraction of sp³-hybridized carbons (Fsp3) is 0.333. The van der Waals surface area contributed by atoms with E-state index in [0.29, 0.717) is 5.69 Å². The Morgan fingerprint density at radius 2 is 1.62 bits per heavy atom. The van der Waals surface area contributed by atoms with Gasteiger partial charge in [-0.1, -0.05) is 55.3 Å². The Hall–Kier alpha value is -1.23. The molecule has 5 heteroatoms. The molecule has 0 bridgehead atoms. The second kappa shape index (κ2) is 11.5. The van der Waals surface area contributed by atoms with Crippen LogP contribution in [0.4, 0.5) is 10.5 Å². The van der Waals surface area contributed by atoms with Gasteiger partial charge in [0.15, 0.2) is 0 Å². The molecule has 0 saturated heterocycles. The number of carbonyl (C=O) groups excluding carboxylic acids is 1. The van der Waals surface area contributed by atoms with E-state index in [1.807, 2.05) is 63.2 Å². The molecule has 3 nitrogen and oxygen atoms in total. The first-order valence-electron chi connectivity index (χ1n) is 8.32. The van der Waals surface area contributed by atoms with E-state index in [1.54, 1.807) is 0 Å². The minimum atomic E-state index is -0.559. The van der Waals surface area contributed by atoms with Gasteiger partial charge < -0.3 is 10.1 Å². The summed E-state index contributed by atoms with van der Waals surface area (Å²) in [6.45, 7) is 7.66. The molecule has 26 heavy (non-hydrogen) atoms. The molecule has 1 unspecified atom stereocenters. The average molecular weight is 337 g/mol. The molecule has 0 fully saturated rings. The predicted molar refractivity (Wildman–Crippen MR) is 98.6 cm³/mol. The van der Waals surface area contributed by atoms with Crippen molar-refractivity contribution in [1.29, 1.82) is 0 Å². The Kier molecular flexibility index (Phi) is 10.9. The van der Waals surface area contributed by atoms with Gasteiger partial charge in [0, 0.05) is 0 Å². The molecule has 2 aromatic rings. The normalized spacial score (nSPS) is 11.4. The van der Waals surface area contributed by atoms with Crippen molar-refractivity contribution in [3.63, 3.8) is 0 Å². The monoisotopic (exact) mass is 337 g/mol. The molecule has 0 aromatic heterocycles. The maximum atomic E-state index is 12.0. The number of hydrogen-bond donors (Lipinski definition) is 0. The Morgan fingerprint density at radius 1 is 1.04 bits per heavy atom. The molecule has 0 aliphatic rings. The van der Waals surface area contributed by atoms with Crippen LogP contribution in [-0.4, -0.2) is 11.7 Å². The van der Waals surface area contributed by atoms with Crippen LogP contribution in [-0.2, 0) is 4.74 Å². The number of nitrogens with zero attached hydrogens (tertiary/aromatic N) is 1. The average Bonchev–Trinajstić information content (AvgIpc) is 2.53. The van der Waals surface area contributed by atoms with E-state index in [-0.39, 0.29) is 43.6 Å². The van der Waals surface area contributed by atoms with Gasteiger partial charge in [-0.2, -0.15) is 12.5 Å². The minimum Gasteiger partial charge on any atom is -0.649 e. The number of rotatable bonds is 5. The first-order chi connectivity index (χ1) is 11.4. The van der Waals surface area contributed by atoms with Gasteiger partial charge in [0.1, 0.15) is 5.60 Å². The number of para-hydroxylation sites is 1. The van der Waals surface area contributed by atoms with Crippen LogP contribution in [0.1, 0.15) is 51.2 Å². The summed E-state index contributed by atoms with van der Waals surface area (Å²) >= 11 is 0. The largest absolute Gasteiger partial charge is 1.00 e. The Balaban J connectivity index is 0.00000312. The molecule has 2 rings (SSSR count). The van der Waals surface area contributed by atoms with E-state index in [9.17, 15) is 4.79 Å². The molecule has 0 radical (unpaired) electrons. The second-order valence-corrected chi connectivity index (χ2v) is 6.74. The molecule has 2 aromatic carbocycles. The van der Waals surface area contributed by atoms with Crippen molar-refractivity contribution in [1.82, 2.24) is 0 Å². The molecule has 0 N–H and O–H groups in total. The number of carbonyl (C=O) groups is 1. The van der Waals surface area contributed by atoms with Crippen molar-refractivity contribution < 1.29 is 47.3 Å². The summed E-state index contributed by atoms with van der Waals surface area (Å²) in [5.74, 6) is 0.279. The van der Waals surface area contributed by atoms with Gasteiger partial charge in [-0.05, 0) is 26.7 Å². The maximum Gasteiger partial charge on any atom is 1.00 e. The summed E-state index contributed by atoms with van der Waals surface area (Å²) in [6, 6.07) is 18.0. The van der Waals surface area contributed by atoms with Crippen LogP contribution in [0, 0.1) is 6.42 Å². The van der Waals surface area contributed by atoms with E-state index in [4.69, 9.17) is 4.74 Å². The van der Waals surface area contributed by atoms with Crippen LogP contribution < -0.4 is 37.7 Å². The number of ether oxygens (including phenoxy) is 1. The van der Waals surface area contributed by atoms with E-state index < -0.39 is 11.7 Å². The van der Waals surface area contributed by atoms with Crippen LogP contribution >= 0.6 is 0 Å². The van der Waals surface area contributed by atoms with Gasteiger partial charge in [0.25, 0.3) is 0 Å². The van der Waals surface area contributed by atoms with Gasteiger partial charge in [0.2, 0.25) is 6.09 Å². The van der Waals surface area contributed by atoms with Crippen molar-refractivity contribution >= 4 is 11.8 Å². The molecule has 0 heterocycles. The van der Waals surface area contributed by atoms with Crippen molar-refractivity contribution in [3.05, 3.63) is 77.5 Å². The SMILES string of the molecule is CCC([CH-]c1ccccc1[N-]C(=O)OC(C)(C)C)c1ccccc1.[Li+].[Li+]. The zero-order valence-electron chi connectivity index (χ0n) is 16.8. The number of benzene rings is 2. The third-order valence-corrected chi connectivity index (χ3v) is 3.59. The van der Waals surface area contributed by atoms with E-state index >= 15 is 0 Å². The minimum absolute atomic E-state index is 0. The molecule has 0 aliphatic carbocycles. The zero-order chi connectivity index (χ0) is 17.6. The molecule has 0 aliphatic heterocycles. The molecule has 1 atom stereocenters. The van der Waals surface area contributed by atoms with E-state index in [2.05, 4.69) is 30.8 Å². The summed E-state index contributed by atoms with van der Waals surface area (Å²) in [4.78, 5) is 12.0. The third kappa shape index (κ3) is 7.98. The molecule has 0 saturated carbocycles. The first kappa shape index (κ1) is 24.8. The molecule has 1 amide bonds. The Labute approximate surface area is 181 Å². The number of hydrogen-bond acceptors (Lipinski definition) is 2. The van der Waals surface area contributed by atoms with E-state index in [1.165, 1.54) is 5.56 Å². The van der Waals surface area contributed by atoms with Crippen molar-refractivity contribution in [3.8, 4) is 0 Å². The van der Waals surface area contributed by atoms with E-state index in [0.717, 1.165) is 12.0 Å². The third-order valence-electron chi connectivity index (χ3n) is 3.59. The first-order valence-corrected chi connectivity index (χ1v) is 8.32. The second-order valence-electron chi connectivity index (χ2n) is 6.74. The van der Waals surface area contributed by atoms with Gasteiger partial charge >= 0.3 is 37.7 Å². The van der Waals surface area contributed by atoms with Crippen LogP contribution in [0.3, 0.4) is 0 Å². The topological polar surface area (TPSA) is 40.4 Å². The van der Waals surface area contributed by atoms with Crippen LogP contribution in [0.15, 0.2) is 54.6 Å². The molecular weight excluding hydrogens is 312 g/mol. The summed E-state index contributed by atoms with van der Waals surface area (Å²) in [7, 11) is 0. The Bertz CT molecular complexity index is 669. The van der Waals surface area contributed by atoms with Gasteiger partial charge in [0.05, 0.1) is 0 Å². The summed E-state index contributed by atoms with van der Waals surface area (Å²) in [5.41, 5.74) is 2.29. The predicted octanol–water partition coefficient (Wildman–Crippen LogP) is 0.381. The van der Waals surface area contributed by atoms with Crippen LogP contribution in [0.5, 0.6) is 0 Å². The van der Waals surface area contributed by atoms with Gasteiger partial charge in [-0.15, -0.1) is 12.1 Å². The maximum absolute atomic E-state index is 12.0. The summed E-state index contributed by atoms with van der Waals surface area (Å²) in [6.07, 6.45) is 2.58. The van der Waals surface area contributed by atoms with Crippen LogP contribution in [0.2, 0.25) is 0 Å². The Morgan fingerprint density at radius 3 is 2.19 bits per heavy atom. The van der Waals surface area contributed by atoms with Crippen LogP contribution in [0.25, 0.3) is 5.32 Å². The smallest absolute Gasteiger partial charge is 0.649 e. The summed E-state index contributed by atoms with van der Waals surface area (Å²) < 4.78 is 5.29. The fourth-order valence-corrected chi connectivity index (χ4v) is 2.48.